The monoisotopic (exact) mass is 362 g/mol. The van der Waals surface area contributed by atoms with Crippen LogP contribution in [0.5, 0.6) is 0 Å². The van der Waals surface area contributed by atoms with E-state index in [0.717, 1.165) is 34.0 Å². The van der Waals surface area contributed by atoms with Crippen molar-refractivity contribution in [1.29, 1.82) is 0 Å². The van der Waals surface area contributed by atoms with Crippen LogP contribution in [-0.4, -0.2) is 43.7 Å². The van der Waals surface area contributed by atoms with Gasteiger partial charge >= 0.3 is 0 Å². The van der Waals surface area contributed by atoms with Crippen molar-refractivity contribution in [2.24, 2.45) is 0 Å². The molecule has 0 spiro atoms. The Bertz CT molecular complexity index is 724. The van der Waals surface area contributed by atoms with Gasteiger partial charge in [0.05, 0.1) is 24.8 Å². The van der Waals surface area contributed by atoms with E-state index in [1.807, 2.05) is 19.9 Å². The lowest BCUT2D eigenvalue weighted by Crippen LogP contribution is -2.43. The van der Waals surface area contributed by atoms with Crippen LogP contribution in [-0.2, 0) is 4.74 Å². The number of nitrogens with zero attached hydrogens (tertiary/aromatic N) is 1. The van der Waals surface area contributed by atoms with Crippen molar-refractivity contribution in [3.63, 3.8) is 0 Å². The van der Waals surface area contributed by atoms with Gasteiger partial charge in [0.15, 0.2) is 0 Å². The van der Waals surface area contributed by atoms with E-state index < -0.39 is 0 Å². The molecule has 25 heavy (non-hydrogen) atoms. The van der Waals surface area contributed by atoms with Gasteiger partial charge in [0.25, 0.3) is 5.91 Å². The number of rotatable bonds is 5. The molecule has 1 aromatic heterocycles. The zero-order chi connectivity index (χ0) is 17.8. The van der Waals surface area contributed by atoms with Gasteiger partial charge in [-0.3, -0.25) is 9.69 Å². The van der Waals surface area contributed by atoms with Crippen molar-refractivity contribution in [1.82, 2.24) is 10.2 Å². The highest BCUT2D eigenvalue weighted by molar-refractivity contribution is 7.12. The lowest BCUT2D eigenvalue weighted by molar-refractivity contribution is 0.0162. The second kappa shape index (κ2) is 8.08. The van der Waals surface area contributed by atoms with Crippen molar-refractivity contribution >= 4 is 17.2 Å². The van der Waals surface area contributed by atoms with Gasteiger partial charge in [0, 0.05) is 29.4 Å². The summed E-state index contributed by atoms with van der Waals surface area (Å²) in [7, 11) is 0. The molecule has 1 saturated heterocycles. The predicted molar refractivity (Wildman–Crippen MR) is 97.7 cm³/mol. The lowest BCUT2D eigenvalue weighted by atomic mass is 10.0. The quantitative estimate of drug-likeness (QED) is 0.887. The van der Waals surface area contributed by atoms with Crippen molar-refractivity contribution in [2.75, 3.05) is 32.8 Å². The fraction of sp³-hybridized carbons (Fsp3) is 0.421. The summed E-state index contributed by atoms with van der Waals surface area (Å²) < 4.78 is 18.7. The van der Waals surface area contributed by atoms with Crippen molar-refractivity contribution < 1.29 is 13.9 Å². The number of amides is 1. The van der Waals surface area contributed by atoms with Crippen LogP contribution in [0.4, 0.5) is 4.39 Å². The first-order valence-electron chi connectivity index (χ1n) is 8.47. The molecule has 0 radical (unpaired) electrons. The van der Waals surface area contributed by atoms with Gasteiger partial charge in [-0.05, 0) is 37.6 Å². The summed E-state index contributed by atoms with van der Waals surface area (Å²) in [5.74, 6) is -0.305. The summed E-state index contributed by atoms with van der Waals surface area (Å²) in [6.07, 6.45) is 0. The minimum absolute atomic E-state index is 0.00786. The van der Waals surface area contributed by atoms with Crippen LogP contribution in [0.15, 0.2) is 30.3 Å². The average Bonchev–Trinajstić information content (AvgIpc) is 2.96. The standard InChI is InChI=1S/C19H23FN2O2S/c1-13-11-17(14(2)25-13)19(23)21-12-18(22-7-9-24-10-8-22)15-3-5-16(20)6-4-15/h3-6,11,18H,7-10,12H2,1-2H3,(H,21,23)/t18-/m0/s1. The van der Waals surface area contributed by atoms with Gasteiger partial charge in [-0.1, -0.05) is 12.1 Å². The fourth-order valence-corrected chi connectivity index (χ4v) is 4.09. The molecule has 1 fully saturated rings. The molecular formula is C19H23FN2O2S. The second-order valence-corrected chi connectivity index (χ2v) is 7.71. The first-order chi connectivity index (χ1) is 12.0. The summed E-state index contributed by atoms with van der Waals surface area (Å²) in [6.45, 7) is 7.40. The third-order valence-electron chi connectivity index (χ3n) is 4.48. The summed E-state index contributed by atoms with van der Waals surface area (Å²) in [4.78, 5) is 17.0. The third kappa shape index (κ3) is 4.45. The van der Waals surface area contributed by atoms with Crippen molar-refractivity contribution in [3.8, 4) is 0 Å². The molecule has 0 unspecified atom stereocenters. The van der Waals surface area contributed by atoms with Crippen LogP contribution in [0.1, 0.15) is 31.7 Å². The maximum absolute atomic E-state index is 13.3. The molecule has 1 atom stereocenters. The number of benzene rings is 1. The van der Waals surface area contributed by atoms with Crippen molar-refractivity contribution in [2.45, 2.75) is 19.9 Å². The van der Waals surface area contributed by atoms with E-state index in [-0.39, 0.29) is 17.8 Å². The Morgan fingerprint density at radius 3 is 2.56 bits per heavy atom. The molecule has 0 saturated carbocycles. The number of halogens is 1. The minimum atomic E-state index is -0.252. The molecule has 6 heteroatoms. The van der Waals surface area contributed by atoms with Crippen LogP contribution in [0.3, 0.4) is 0 Å². The highest BCUT2D eigenvalue weighted by atomic mass is 32.1. The normalized spacial score (nSPS) is 16.6. The molecular weight excluding hydrogens is 339 g/mol. The summed E-state index contributed by atoms with van der Waals surface area (Å²) >= 11 is 1.63. The number of hydrogen-bond acceptors (Lipinski definition) is 4. The zero-order valence-corrected chi connectivity index (χ0v) is 15.4. The van der Waals surface area contributed by atoms with E-state index in [0.29, 0.717) is 19.8 Å². The third-order valence-corrected chi connectivity index (χ3v) is 5.45. The number of carbonyl (C=O) groups is 1. The number of carbonyl (C=O) groups excluding carboxylic acids is 1. The molecule has 3 rings (SSSR count). The van der Waals surface area contributed by atoms with Crippen LogP contribution in [0.2, 0.25) is 0 Å². The predicted octanol–water partition coefficient (Wildman–Crippen LogP) is 3.31. The molecule has 2 aromatic rings. The van der Waals surface area contributed by atoms with Gasteiger partial charge < -0.3 is 10.1 Å². The SMILES string of the molecule is Cc1cc(C(=O)NC[C@@H](c2ccc(F)cc2)N2CCOCC2)c(C)s1. The Labute approximate surface area is 151 Å². The number of nitrogens with one attached hydrogen (secondary N) is 1. The second-order valence-electron chi connectivity index (χ2n) is 6.25. The lowest BCUT2D eigenvalue weighted by Gasteiger charge is -2.35. The average molecular weight is 362 g/mol. The first kappa shape index (κ1) is 18.0. The van der Waals surface area contributed by atoms with Gasteiger partial charge in [0.2, 0.25) is 0 Å². The van der Waals surface area contributed by atoms with Gasteiger partial charge in [-0.2, -0.15) is 0 Å². The van der Waals surface area contributed by atoms with E-state index in [1.54, 1.807) is 23.5 Å². The molecule has 1 N–H and O–H groups in total. The zero-order valence-electron chi connectivity index (χ0n) is 14.5. The minimum Gasteiger partial charge on any atom is -0.379 e. The summed E-state index contributed by atoms with van der Waals surface area (Å²) in [6, 6.07) is 8.46. The molecule has 1 aliphatic heterocycles. The van der Waals surface area contributed by atoms with Crippen molar-refractivity contribution in [3.05, 3.63) is 57.0 Å². The summed E-state index contributed by atoms with van der Waals surface area (Å²) in [5.41, 5.74) is 1.74. The van der Waals surface area contributed by atoms with Gasteiger partial charge in [-0.25, -0.2) is 4.39 Å². The van der Waals surface area contributed by atoms with E-state index >= 15 is 0 Å². The van der Waals surface area contributed by atoms with E-state index in [9.17, 15) is 9.18 Å². The molecule has 0 bridgehead atoms. The summed E-state index contributed by atoms with van der Waals surface area (Å²) in [5, 5.41) is 3.06. The first-order valence-corrected chi connectivity index (χ1v) is 9.29. The number of morpholine rings is 1. The van der Waals surface area contributed by atoms with E-state index in [4.69, 9.17) is 4.74 Å². The Kier molecular flexibility index (Phi) is 5.83. The number of aryl methyl sites for hydroxylation is 2. The molecule has 1 amide bonds. The highest BCUT2D eigenvalue weighted by Gasteiger charge is 2.24. The van der Waals surface area contributed by atoms with E-state index in [1.165, 1.54) is 12.1 Å². The Morgan fingerprint density at radius 1 is 1.28 bits per heavy atom. The van der Waals surface area contributed by atoms with Gasteiger partial charge in [-0.15, -0.1) is 11.3 Å². The molecule has 4 nitrogen and oxygen atoms in total. The molecule has 134 valence electrons. The molecule has 0 aliphatic carbocycles. The Morgan fingerprint density at radius 2 is 1.96 bits per heavy atom. The van der Waals surface area contributed by atoms with E-state index in [2.05, 4.69) is 10.2 Å². The number of ether oxygens (including phenoxy) is 1. The topological polar surface area (TPSA) is 41.6 Å². The van der Waals surface area contributed by atoms with Gasteiger partial charge in [0.1, 0.15) is 5.82 Å². The highest BCUT2D eigenvalue weighted by Crippen LogP contribution is 2.23. The van der Waals surface area contributed by atoms with Crippen LogP contribution < -0.4 is 5.32 Å². The molecule has 2 heterocycles. The largest absolute Gasteiger partial charge is 0.379 e. The smallest absolute Gasteiger partial charge is 0.252 e. The molecule has 1 aromatic carbocycles. The van der Waals surface area contributed by atoms with Crippen LogP contribution in [0.25, 0.3) is 0 Å². The maximum Gasteiger partial charge on any atom is 0.252 e. The van der Waals surface area contributed by atoms with Crippen LogP contribution >= 0.6 is 11.3 Å². The fourth-order valence-electron chi connectivity index (χ4n) is 3.17. The molecule has 1 aliphatic rings. The Balaban J connectivity index is 1.74. The number of hydrogen-bond donors (Lipinski definition) is 1. The van der Waals surface area contributed by atoms with Crippen LogP contribution in [0, 0.1) is 19.7 Å². The maximum atomic E-state index is 13.3. The Hall–Kier alpha value is -1.76. The number of thiophene rings is 1.